The molecule has 1 aliphatic rings. The lowest BCUT2D eigenvalue weighted by atomic mass is 9.78. The third kappa shape index (κ3) is 2.44. The van der Waals surface area contributed by atoms with Crippen LogP contribution in [0.5, 0.6) is 0 Å². The molecule has 0 spiro atoms. The van der Waals surface area contributed by atoms with Gasteiger partial charge in [-0.05, 0) is 33.1 Å². The molecule has 2 unspecified atom stereocenters. The normalized spacial score (nSPS) is 28.2. The molecule has 2 N–H and O–H groups in total. The first kappa shape index (κ1) is 10.5. The van der Waals surface area contributed by atoms with E-state index in [0.29, 0.717) is 0 Å². The number of rotatable bonds is 4. The van der Waals surface area contributed by atoms with Crippen molar-refractivity contribution in [3.05, 3.63) is 0 Å². The van der Waals surface area contributed by atoms with Crippen LogP contribution in [-0.4, -0.2) is 22.7 Å². The molecule has 1 rings (SSSR count). The fourth-order valence-electron chi connectivity index (χ4n) is 1.57. The van der Waals surface area contributed by atoms with Gasteiger partial charge >= 0.3 is 5.97 Å². The van der Waals surface area contributed by atoms with Crippen LogP contribution in [-0.2, 0) is 4.79 Å². The number of nitrogens with one attached hydrogen (secondary N) is 1. The Morgan fingerprint density at radius 2 is 2.15 bits per heavy atom. The van der Waals surface area contributed by atoms with Crippen LogP contribution in [0.3, 0.4) is 0 Å². The lowest BCUT2D eigenvalue weighted by molar-refractivity contribution is -0.146. The highest BCUT2D eigenvalue weighted by molar-refractivity contribution is 5.72. The molecule has 0 radical (unpaired) electrons. The molecule has 2 atom stereocenters. The van der Waals surface area contributed by atoms with E-state index in [1.54, 1.807) is 0 Å². The zero-order chi connectivity index (χ0) is 10.1. The number of carboxylic acids is 1. The Bertz CT molecular complexity index is 201. The predicted octanol–water partition coefficient (Wildman–Crippen LogP) is 1.63. The van der Waals surface area contributed by atoms with Crippen LogP contribution in [0.2, 0.25) is 0 Å². The summed E-state index contributed by atoms with van der Waals surface area (Å²) in [5, 5.41) is 12.2. The van der Waals surface area contributed by atoms with Gasteiger partial charge in [0.15, 0.2) is 0 Å². The quantitative estimate of drug-likeness (QED) is 0.700. The van der Waals surface area contributed by atoms with Gasteiger partial charge in [0.25, 0.3) is 0 Å². The third-order valence-corrected chi connectivity index (χ3v) is 3.05. The highest BCUT2D eigenvalue weighted by Crippen LogP contribution is 2.29. The first-order chi connectivity index (χ1) is 5.96. The molecule has 0 heterocycles. The Morgan fingerprint density at radius 3 is 2.46 bits per heavy atom. The van der Waals surface area contributed by atoms with E-state index in [1.807, 2.05) is 0 Å². The maximum absolute atomic E-state index is 10.7. The first-order valence-corrected chi connectivity index (χ1v) is 4.97. The van der Waals surface area contributed by atoms with Crippen LogP contribution in [0.15, 0.2) is 0 Å². The van der Waals surface area contributed by atoms with E-state index in [2.05, 4.69) is 26.1 Å². The molecule has 0 aromatic rings. The minimum absolute atomic E-state index is 0.0682. The van der Waals surface area contributed by atoms with Crippen molar-refractivity contribution in [1.29, 1.82) is 0 Å². The second-order valence-corrected chi connectivity index (χ2v) is 4.51. The summed E-state index contributed by atoms with van der Waals surface area (Å²) in [5.41, 5.74) is 0.0682. The second kappa shape index (κ2) is 3.66. The SMILES string of the molecule is CCC(C)(C)NC1CCC1C(=O)O. The lowest BCUT2D eigenvalue weighted by Crippen LogP contribution is -2.55. The monoisotopic (exact) mass is 185 g/mol. The van der Waals surface area contributed by atoms with Crippen LogP contribution in [0.4, 0.5) is 0 Å². The summed E-state index contributed by atoms with van der Waals surface area (Å²) in [6.45, 7) is 6.34. The number of hydrogen-bond donors (Lipinski definition) is 2. The molecular weight excluding hydrogens is 166 g/mol. The van der Waals surface area contributed by atoms with Crippen molar-refractivity contribution < 1.29 is 9.90 Å². The highest BCUT2D eigenvalue weighted by Gasteiger charge is 2.38. The maximum atomic E-state index is 10.7. The average molecular weight is 185 g/mol. The van der Waals surface area contributed by atoms with E-state index < -0.39 is 5.97 Å². The van der Waals surface area contributed by atoms with Gasteiger partial charge in [0.2, 0.25) is 0 Å². The summed E-state index contributed by atoms with van der Waals surface area (Å²) in [4.78, 5) is 10.7. The Balaban J connectivity index is 2.42. The zero-order valence-electron chi connectivity index (χ0n) is 8.63. The van der Waals surface area contributed by atoms with Gasteiger partial charge in [-0.2, -0.15) is 0 Å². The van der Waals surface area contributed by atoms with Gasteiger partial charge < -0.3 is 10.4 Å². The molecule has 0 aliphatic heterocycles. The van der Waals surface area contributed by atoms with Crippen LogP contribution >= 0.6 is 0 Å². The standard InChI is InChI=1S/C10H19NO2/c1-4-10(2,3)11-8-6-5-7(8)9(12)13/h7-8,11H,4-6H2,1-3H3,(H,12,13). The molecule has 0 aromatic heterocycles. The lowest BCUT2D eigenvalue weighted by Gasteiger charge is -2.40. The topological polar surface area (TPSA) is 49.3 Å². The summed E-state index contributed by atoms with van der Waals surface area (Å²) in [6.07, 6.45) is 2.85. The summed E-state index contributed by atoms with van der Waals surface area (Å²) in [6, 6.07) is 0.187. The van der Waals surface area contributed by atoms with Crippen molar-refractivity contribution in [3.8, 4) is 0 Å². The number of hydrogen-bond acceptors (Lipinski definition) is 2. The van der Waals surface area contributed by atoms with Crippen molar-refractivity contribution in [1.82, 2.24) is 5.32 Å². The fourth-order valence-corrected chi connectivity index (χ4v) is 1.57. The van der Waals surface area contributed by atoms with E-state index in [1.165, 1.54) is 0 Å². The van der Waals surface area contributed by atoms with E-state index in [0.717, 1.165) is 19.3 Å². The van der Waals surface area contributed by atoms with Gasteiger partial charge in [0.05, 0.1) is 5.92 Å². The molecule has 0 bridgehead atoms. The number of carbonyl (C=O) groups is 1. The largest absolute Gasteiger partial charge is 0.481 e. The number of carboxylic acid groups (broad SMARTS) is 1. The minimum Gasteiger partial charge on any atom is -0.481 e. The van der Waals surface area contributed by atoms with Crippen molar-refractivity contribution in [2.24, 2.45) is 5.92 Å². The van der Waals surface area contributed by atoms with Gasteiger partial charge in [-0.15, -0.1) is 0 Å². The van der Waals surface area contributed by atoms with Crippen LogP contribution < -0.4 is 5.32 Å². The Hall–Kier alpha value is -0.570. The van der Waals surface area contributed by atoms with E-state index >= 15 is 0 Å². The van der Waals surface area contributed by atoms with Crippen LogP contribution in [0.25, 0.3) is 0 Å². The summed E-state index contributed by atoms with van der Waals surface area (Å²) in [5.74, 6) is -0.818. The molecule has 13 heavy (non-hydrogen) atoms. The van der Waals surface area contributed by atoms with Crippen LogP contribution in [0, 0.1) is 5.92 Å². The third-order valence-electron chi connectivity index (χ3n) is 3.05. The Morgan fingerprint density at radius 1 is 1.54 bits per heavy atom. The van der Waals surface area contributed by atoms with Gasteiger partial charge in [0.1, 0.15) is 0 Å². The maximum Gasteiger partial charge on any atom is 0.308 e. The minimum atomic E-state index is -0.657. The van der Waals surface area contributed by atoms with Crippen LogP contribution in [0.1, 0.15) is 40.0 Å². The van der Waals surface area contributed by atoms with E-state index in [-0.39, 0.29) is 17.5 Å². The zero-order valence-corrected chi connectivity index (χ0v) is 8.63. The molecule has 76 valence electrons. The molecule has 0 amide bonds. The molecule has 1 saturated carbocycles. The van der Waals surface area contributed by atoms with E-state index in [4.69, 9.17) is 5.11 Å². The molecule has 3 heteroatoms. The molecule has 1 aliphatic carbocycles. The van der Waals surface area contributed by atoms with Gasteiger partial charge in [-0.25, -0.2) is 0 Å². The van der Waals surface area contributed by atoms with E-state index in [9.17, 15) is 4.79 Å². The Labute approximate surface area is 79.5 Å². The smallest absolute Gasteiger partial charge is 0.308 e. The molecule has 0 saturated heterocycles. The summed E-state index contributed by atoms with van der Waals surface area (Å²) >= 11 is 0. The molecule has 1 fully saturated rings. The van der Waals surface area contributed by atoms with Crippen molar-refractivity contribution in [2.45, 2.75) is 51.6 Å². The number of aliphatic carboxylic acids is 1. The first-order valence-electron chi connectivity index (χ1n) is 4.97. The van der Waals surface area contributed by atoms with Crippen molar-refractivity contribution in [3.63, 3.8) is 0 Å². The average Bonchev–Trinajstić information content (AvgIpc) is 1.97. The molecule has 0 aromatic carbocycles. The fraction of sp³-hybridized carbons (Fsp3) is 0.900. The molecular formula is C10H19NO2. The van der Waals surface area contributed by atoms with Gasteiger partial charge in [0, 0.05) is 11.6 Å². The molecule has 3 nitrogen and oxygen atoms in total. The predicted molar refractivity (Wildman–Crippen MR) is 51.7 cm³/mol. The summed E-state index contributed by atoms with van der Waals surface area (Å²) in [7, 11) is 0. The van der Waals surface area contributed by atoms with Gasteiger partial charge in [-0.3, -0.25) is 4.79 Å². The van der Waals surface area contributed by atoms with Gasteiger partial charge in [-0.1, -0.05) is 6.92 Å². The summed E-state index contributed by atoms with van der Waals surface area (Å²) < 4.78 is 0. The second-order valence-electron chi connectivity index (χ2n) is 4.51. The Kier molecular flexibility index (Phi) is 2.96. The van der Waals surface area contributed by atoms with Crippen molar-refractivity contribution in [2.75, 3.05) is 0 Å². The highest BCUT2D eigenvalue weighted by atomic mass is 16.4. The van der Waals surface area contributed by atoms with Crippen molar-refractivity contribution >= 4 is 5.97 Å².